The zero-order chi connectivity index (χ0) is 6.91. The Morgan fingerprint density at radius 3 is 2.40 bits per heavy atom. The van der Waals surface area contributed by atoms with E-state index in [1.165, 1.54) is 5.51 Å². The Labute approximate surface area is 60.6 Å². The highest BCUT2D eigenvalue weighted by Gasteiger charge is 2.09. The van der Waals surface area contributed by atoms with Gasteiger partial charge in [0, 0.05) is 0 Å². The Morgan fingerprint density at radius 1 is 1.60 bits per heavy atom. The first-order valence-corrected chi connectivity index (χ1v) is 4.28. The van der Waals surface area contributed by atoms with E-state index in [1.807, 2.05) is 0 Å². The molecule has 0 saturated carbocycles. The molecule has 0 radical (unpaired) electrons. The minimum absolute atomic E-state index is 0. The van der Waals surface area contributed by atoms with Gasteiger partial charge in [-0.25, -0.2) is 0 Å². The molecule has 0 aliphatic carbocycles. The third kappa shape index (κ3) is 2.01. The van der Waals surface area contributed by atoms with Crippen LogP contribution < -0.4 is 0 Å². The van der Waals surface area contributed by atoms with Crippen LogP contribution in [0, 0.1) is 0 Å². The van der Waals surface area contributed by atoms with E-state index in [1.54, 1.807) is 0 Å². The highest BCUT2D eigenvalue weighted by atomic mass is 32.3. The second-order valence-electron chi connectivity index (χ2n) is 1.30. The second-order valence-corrected chi connectivity index (χ2v) is 3.83. The first-order valence-electron chi connectivity index (χ1n) is 1.96. The van der Waals surface area contributed by atoms with Gasteiger partial charge in [-0.2, -0.15) is 8.42 Å². The molecule has 10 heavy (non-hydrogen) atoms. The van der Waals surface area contributed by atoms with Crippen molar-refractivity contribution in [2.24, 2.45) is 0 Å². The molecule has 0 unspecified atom stereocenters. The molecule has 0 aromatic carbocycles. The van der Waals surface area contributed by atoms with E-state index >= 15 is 0 Å². The molecule has 1 aromatic heterocycles. The lowest BCUT2D eigenvalue weighted by molar-refractivity contribution is 0.485. The van der Waals surface area contributed by atoms with Crippen molar-refractivity contribution in [1.82, 2.24) is 4.98 Å². The van der Waals surface area contributed by atoms with E-state index in [-0.39, 0.29) is 8.91 Å². The van der Waals surface area contributed by atoms with E-state index in [9.17, 15) is 8.42 Å². The minimum Gasteiger partial charge on any atom is -0.281 e. The zero-order valence-corrected chi connectivity index (χ0v) is 6.22. The fraction of sp³-hybridized carbons (Fsp3) is 0. The Morgan fingerprint density at radius 2 is 2.20 bits per heavy atom. The van der Waals surface area contributed by atoms with Gasteiger partial charge in [-0.05, 0) is 0 Å². The molecule has 0 fully saturated rings. The van der Waals surface area contributed by atoms with Crippen LogP contribution in [0.25, 0.3) is 0 Å². The van der Waals surface area contributed by atoms with Crippen LogP contribution in [-0.4, -0.2) is 18.0 Å². The maximum absolute atomic E-state index is 10.2. The van der Waals surface area contributed by atoms with Crippen LogP contribution in [-0.2, 0) is 10.1 Å². The third-order valence-electron chi connectivity index (χ3n) is 0.664. The second kappa shape index (κ2) is 3.04. The monoisotopic (exact) mass is 185 g/mol. The molecule has 0 saturated heterocycles. The summed E-state index contributed by atoms with van der Waals surface area (Å²) in [6.07, 6.45) is 1.10. The number of halogens is 1. The molecule has 0 amide bonds. The Kier molecular flexibility index (Phi) is 2.88. The van der Waals surface area contributed by atoms with Gasteiger partial charge in [-0.3, -0.25) is 14.2 Å². The van der Waals surface area contributed by atoms with Gasteiger partial charge in [0.25, 0.3) is 0 Å². The van der Waals surface area contributed by atoms with Crippen molar-refractivity contribution in [3.8, 4) is 0 Å². The number of hydrogen-bond donors (Lipinski definition) is 1. The van der Waals surface area contributed by atoms with Crippen LogP contribution in [0.4, 0.5) is 4.70 Å². The Balaban J connectivity index is 0.000000810. The summed E-state index contributed by atoms with van der Waals surface area (Å²) in [6, 6.07) is 0. The summed E-state index contributed by atoms with van der Waals surface area (Å²) in [5.41, 5.74) is 1.34. The number of rotatable bonds is 1. The van der Waals surface area contributed by atoms with Crippen molar-refractivity contribution in [1.29, 1.82) is 0 Å². The van der Waals surface area contributed by atoms with Gasteiger partial charge >= 0.3 is 10.1 Å². The maximum Gasteiger partial charge on any atom is 0.305 e. The number of hydrogen-bond acceptors (Lipinski definition) is 4. The van der Waals surface area contributed by atoms with Gasteiger partial charge in [0.2, 0.25) is 0 Å². The predicted octanol–water partition coefficient (Wildman–Crippen LogP) is 0.542. The quantitative estimate of drug-likeness (QED) is 0.648. The smallest absolute Gasteiger partial charge is 0.281 e. The molecular weight excluding hydrogens is 181 g/mol. The average molecular weight is 185 g/mol. The fourth-order valence-corrected chi connectivity index (χ4v) is 1.49. The SMILES string of the molecule is F.O=S(=O)(O)c1cncs1. The summed E-state index contributed by atoms with van der Waals surface area (Å²) in [4.78, 5) is 3.47. The first-order chi connectivity index (χ1) is 4.11. The molecule has 0 aliphatic heterocycles. The Bertz CT molecular complexity index is 279. The molecule has 0 aliphatic rings. The molecule has 1 N–H and O–H groups in total. The van der Waals surface area contributed by atoms with Crippen LogP contribution in [0.5, 0.6) is 0 Å². The van der Waals surface area contributed by atoms with Crippen LogP contribution in [0.1, 0.15) is 0 Å². The fourth-order valence-electron chi connectivity index (χ4n) is 0.331. The standard InChI is InChI=1S/C3H3NO3S2.FH/c5-9(6,7)3-1-4-2-8-3;/h1-2H,(H,5,6,7);1H. The summed E-state index contributed by atoms with van der Waals surface area (Å²) in [6.45, 7) is 0. The Hall–Kier alpha value is -0.530. The van der Waals surface area contributed by atoms with Crippen molar-refractivity contribution in [2.45, 2.75) is 4.21 Å². The molecule has 58 valence electrons. The maximum atomic E-state index is 10.2. The van der Waals surface area contributed by atoms with Crippen LogP contribution in [0.3, 0.4) is 0 Å². The normalized spacial score (nSPS) is 10.5. The molecule has 1 rings (SSSR count). The summed E-state index contributed by atoms with van der Waals surface area (Å²) in [5, 5.41) is 0. The van der Waals surface area contributed by atoms with Crippen LogP contribution >= 0.6 is 11.3 Å². The average Bonchev–Trinajstić information content (AvgIpc) is 2.08. The van der Waals surface area contributed by atoms with Crippen molar-refractivity contribution >= 4 is 21.5 Å². The number of nitrogens with zero attached hydrogens (tertiary/aromatic N) is 1. The van der Waals surface area contributed by atoms with Crippen LogP contribution in [0.15, 0.2) is 15.9 Å². The van der Waals surface area contributed by atoms with E-state index in [0.29, 0.717) is 0 Å². The van der Waals surface area contributed by atoms with E-state index < -0.39 is 10.1 Å². The summed E-state index contributed by atoms with van der Waals surface area (Å²) in [7, 11) is -4.00. The van der Waals surface area contributed by atoms with Gasteiger partial charge in [0.05, 0.1) is 11.7 Å². The zero-order valence-electron chi connectivity index (χ0n) is 4.59. The molecule has 0 atom stereocenters. The van der Waals surface area contributed by atoms with Crippen molar-refractivity contribution in [3.63, 3.8) is 0 Å². The molecule has 0 bridgehead atoms. The van der Waals surface area contributed by atoms with Gasteiger partial charge in [0.1, 0.15) is 0 Å². The molecule has 1 aromatic rings. The lowest BCUT2D eigenvalue weighted by atomic mass is 11.0. The number of aromatic nitrogens is 1. The molecule has 4 nitrogen and oxygen atoms in total. The van der Waals surface area contributed by atoms with Gasteiger partial charge in [-0.15, -0.1) is 11.3 Å². The first kappa shape index (κ1) is 9.47. The molecule has 7 heteroatoms. The highest BCUT2D eigenvalue weighted by molar-refractivity contribution is 7.88. The topological polar surface area (TPSA) is 67.3 Å². The van der Waals surface area contributed by atoms with E-state index in [4.69, 9.17) is 4.55 Å². The van der Waals surface area contributed by atoms with Crippen molar-refractivity contribution in [3.05, 3.63) is 11.7 Å². The van der Waals surface area contributed by atoms with Gasteiger partial charge < -0.3 is 0 Å². The number of thiazole rings is 1. The highest BCUT2D eigenvalue weighted by Crippen LogP contribution is 2.11. The molecule has 0 spiro atoms. The predicted molar refractivity (Wildman–Crippen MR) is 34.4 cm³/mol. The van der Waals surface area contributed by atoms with Crippen molar-refractivity contribution < 1.29 is 17.7 Å². The van der Waals surface area contributed by atoms with Crippen molar-refractivity contribution in [2.75, 3.05) is 0 Å². The van der Waals surface area contributed by atoms with E-state index in [2.05, 4.69) is 4.98 Å². The minimum atomic E-state index is -4.00. The van der Waals surface area contributed by atoms with Gasteiger partial charge in [0.15, 0.2) is 4.21 Å². The summed E-state index contributed by atoms with van der Waals surface area (Å²) < 4.78 is 28.6. The molecule has 1 heterocycles. The van der Waals surface area contributed by atoms with E-state index in [0.717, 1.165) is 17.5 Å². The lowest BCUT2D eigenvalue weighted by Gasteiger charge is -1.83. The largest absolute Gasteiger partial charge is 0.305 e. The molecular formula is C3H4FNO3S2. The lowest BCUT2D eigenvalue weighted by Crippen LogP contribution is -1.93. The summed E-state index contributed by atoms with van der Waals surface area (Å²) in [5.74, 6) is 0. The third-order valence-corrected chi connectivity index (χ3v) is 2.76. The van der Waals surface area contributed by atoms with Crippen LogP contribution in [0.2, 0.25) is 0 Å². The summed E-state index contributed by atoms with van der Waals surface area (Å²) >= 11 is 0.881. The van der Waals surface area contributed by atoms with Gasteiger partial charge in [-0.1, -0.05) is 0 Å².